The highest BCUT2D eigenvalue weighted by molar-refractivity contribution is 6.04. The zero-order chi connectivity index (χ0) is 22.6. The highest BCUT2D eigenvalue weighted by Gasteiger charge is 2.21. The highest BCUT2D eigenvalue weighted by Crippen LogP contribution is 2.34. The molecule has 0 unspecified atom stereocenters. The topological polar surface area (TPSA) is 68.5 Å². The summed E-state index contributed by atoms with van der Waals surface area (Å²) in [6.07, 6.45) is 10.0. The molecule has 5 rings (SSSR count). The molecule has 3 aromatic heterocycles. The van der Waals surface area contributed by atoms with Crippen LogP contribution in [-0.4, -0.2) is 20.3 Å². The zero-order valence-electron chi connectivity index (χ0n) is 18.8. The first-order chi connectivity index (χ1) is 16.2. The van der Waals surface area contributed by atoms with Crippen LogP contribution in [0, 0.1) is 6.92 Å². The molecule has 1 aliphatic carbocycles. The van der Waals surface area contributed by atoms with Crippen LogP contribution in [-0.2, 0) is 6.61 Å². The fraction of sp³-hybridized carbons (Fsp3) is 0.296. The molecule has 1 saturated carbocycles. The number of benzene rings is 1. The summed E-state index contributed by atoms with van der Waals surface area (Å²) >= 11 is 0. The number of nitrogens with one attached hydrogen (secondary N) is 1. The van der Waals surface area contributed by atoms with Gasteiger partial charge in [0.2, 0.25) is 5.88 Å². The minimum atomic E-state index is -0.142. The molecule has 1 aliphatic rings. The number of imidazole rings is 1. The first-order valence-corrected chi connectivity index (χ1v) is 11.6. The van der Waals surface area contributed by atoms with Gasteiger partial charge in [0.25, 0.3) is 5.91 Å². The number of nitrogens with zero attached hydrogens (tertiary/aromatic N) is 3. The van der Waals surface area contributed by atoms with E-state index in [0.29, 0.717) is 24.0 Å². The van der Waals surface area contributed by atoms with E-state index in [1.807, 2.05) is 60.8 Å². The standard InChI is InChI=1S/C27H28N4O2/c1-19-26(21-7-3-2-4-8-21)30-24-15-14-23(17-31(19)24)29-27(32)22-12-10-20(11-13-22)18-33-25-9-5-6-16-28-25/h5-6,9-17,21H,2-4,7-8,18H2,1H3,(H,29,32). The Morgan fingerprint density at radius 3 is 2.64 bits per heavy atom. The number of pyridine rings is 2. The summed E-state index contributed by atoms with van der Waals surface area (Å²) in [6.45, 7) is 2.53. The van der Waals surface area contributed by atoms with Gasteiger partial charge in [-0.05, 0) is 55.7 Å². The number of anilines is 1. The molecule has 33 heavy (non-hydrogen) atoms. The molecule has 6 nitrogen and oxygen atoms in total. The normalized spacial score (nSPS) is 14.3. The number of aryl methyl sites for hydroxylation is 1. The Bertz CT molecular complexity index is 1240. The van der Waals surface area contributed by atoms with Gasteiger partial charge in [0.15, 0.2) is 0 Å². The molecule has 0 saturated heterocycles. The van der Waals surface area contributed by atoms with Gasteiger partial charge in [-0.15, -0.1) is 0 Å². The molecule has 0 bridgehead atoms. The summed E-state index contributed by atoms with van der Waals surface area (Å²) in [6, 6.07) is 16.9. The van der Waals surface area contributed by atoms with Crippen molar-refractivity contribution in [3.05, 3.63) is 89.5 Å². The maximum Gasteiger partial charge on any atom is 0.255 e. The average molecular weight is 441 g/mol. The Labute approximate surface area is 193 Å². The summed E-state index contributed by atoms with van der Waals surface area (Å²) < 4.78 is 7.76. The highest BCUT2D eigenvalue weighted by atomic mass is 16.5. The fourth-order valence-corrected chi connectivity index (χ4v) is 4.56. The van der Waals surface area contributed by atoms with Crippen molar-refractivity contribution in [3.8, 4) is 5.88 Å². The molecular weight excluding hydrogens is 412 g/mol. The van der Waals surface area contributed by atoms with E-state index in [0.717, 1.165) is 16.9 Å². The summed E-state index contributed by atoms with van der Waals surface area (Å²) in [5.74, 6) is 0.991. The van der Waals surface area contributed by atoms with Gasteiger partial charge in [0.1, 0.15) is 12.3 Å². The van der Waals surface area contributed by atoms with Crippen LogP contribution in [0.2, 0.25) is 0 Å². The minimum absolute atomic E-state index is 0.142. The number of carbonyl (C=O) groups is 1. The Morgan fingerprint density at radius 2 is 1.88 bits per heavy atom. The number of aromatic nitrogens is 3. The number of amides is 1. The lowest BCUT2D eigenvalue weighted by Crippen LogP contribution is -2.12. The monoisotopic (exact) mass is 440 g/mol. The third-order valence-corrected chi connectivity index (χ3v) is 6.38. The first kappa shape index (κ1) is 21.2. The lowest BCUT2D eigenvalue weighted by Gasteiger charge is -2.20. The van der Waals surface area contributed by atoms with Crippen LogP contribution in [0.4, 0.5) is 5.69 Å². The van der Waals surface area contributed by atoms with Crippen LogP contribution in [0.5, 0.6) is 5.88 Å². The maximum absolute atomic E-state index is 12.8. The molecule has 1 N–H and O–H groups in total. The van der Waals surface area contributed by atoms with Gasteiger partial charge in [0, 0.05) is 35.6 Å². The third kappa shape index (κ3) is 4.75. The van der Waals surface area contributed by atoms with Gasteiger partial charge in [-0.2, -0.15) is 0 Å². The van der Waals surface area contributed by atoms with Crippen LogP contribution in [0.1, 0.15) is 65.3 Å². The van der Waals surface area contributed by atoms with Crippen molar-refractivity contribution < 1.29 is 9.53 Å². The molecule has 3 heterocycles. The molecule has 0 aliphatic heterocycles. The van der Waals surface area contributed by atoms with Gasteiger partial charge >= 0.3 is 0 Å². The van der Waals surface area contributed by atoms with E-state index in [4.69, 9.17) is 9.72 Å². The van der Waals surface area contributed by atoms with Gasteiger partial charge in [-0.25, -0.2) is 9.97 Å². The van der Waals surface area contributed by atoms with Crippen molar-refractivity contribution in [2.45, 2.75) is 51.6 Å². The van der Waals surface area contributed by atoms with Crippen LogP contribution < -0.4 is 10.1 Å². The van der Waals surface area contributed by atoms with E-state index in [9.17, 15) is 4.79 Å². The van der Waals surface area contributed by atoms with Crippen LogP contribution in [0.15, 0.2) is 67.0 Å². The Morgan fingerprint density at radius 1 is 1.06 bits per heavy atom. The van der Waals surface area contributed by atoms with Crippen molar-refractivity contribution in [2.24, 2.45) is 0 Å². The summed E-state index contributed by atoms with van der Waals surface area (Å²) in [7, 11) is 0. The molecule has 0 atom stereocenters. The Kier molecular flexibility index (Phi) is 6.07. The Balaban J connectivity index is 1.26. The molecule has 1 amide bonds. The SMILES string of the molecule is Cc1c(C2CCCCC2)nc2ccc(NC(=O)c3ccc(COc4ccccn4)cc3)cn12. The molecule has 0 radical (unpaired) electrons. The molecule has 1 aromatic carbocycles. The zero-order valence-corrected chi connectivity index (χ0v) is 18.8. The molecule has 6 heteroatoms. The van der Waals surface area contributed by atoms with E-state index >= 15 is 0 Å². The van der Waals surface area contributed by atoms with Crippen LogP contribution in [0.25, 0.3) is 5.65 Å². The van der Waals surface area contributed by atoms with E-state index < -0.39 is 0 Å². The number of carbonyl (C=O) groups excluding carboxylic acids is 1. The van der Waals surface area contributed by atoms with Gasteiger partial charge < -0.3 is 14.5 Å². The minimum Gasteiger partial charge on any atom is -0.473 e. The maximum atomic E-state index is 12.8. The van der Waals surface area contributed by atoms with E-state index in [1.165, 1.54) is 43.5 Å². The van der Waals surface area contributed by atoms with Crippen molar-refractivity contribution >= 4 is 17.2 Å². The second-order valence-corrected chi connectivity index (χ2v) is 8.67. The number of ether oxygens (including phenoxy) is 1. The summed E-state index contributed by atoms with van der Waals surface area (Å²) in [5.41, 5.74) is 5.64. The predicted molar refractivity (Wildman–Crippen MR) is 129 cm³/mol. The second-order valence-electron chi connectivity index (χ2n) is 8.67. The van der Waals surface area contributed by atoms with Crippen molar-refractivity contribution in [1.82, 2.24) is 14.4 Å². The number of hydrogen-bond acceptors (Lipinski definition) is 4. The smallest absolute Gasteiger partial charge is 0.255 e. The van der Waals surface area contributed by atoms with E-state index in [-0.39, 0.29) is 5.91 Å². The van der Waals surface area contributed by atoms with Gasteiger partial charge in [-0.1, -0.05) is 37.5 Å². The van der Waals surface area contributed by atoms with Gasteiger partial charge in [-0.3, -0.25) is 4.79 Å². The second kappa shape index (κ2) is 9.45. The van der Waals surface area contributed by atoms with Crippen LogP contribution in [0.3, 0.4) is 0 Å². The Hall–Kier alpha value is -3.67. The number of fused-ring (bicyclic) bond motifs is 1. The largest absolute Gasteiger partial charge is 0.473 e. The van der Waals surface area contributed by atoms with Gasteiger partial charge in [0.05, 0.1) is 11.4 Å². The lowest BCUT2D eigenvalue weighted by molar-refractivity contribution is 0.102. The molecule has 168 valence electrons. The van der Waals surface area contributed by atoms with Crippen LogP contribution >= 0.6 is 0 Å². The summed E-state index contributed by atoms with van der Waals surface area (Å²) in [5, 5.41) is 3.01. The van der Waals surface area contributed by atoms with Crippen molar-refractivity contribution in [3.63, 3.8) is 0 Å². The molecule has 4 aromatic rings. The number of rotatable bonds is 6. The fourth-order valence-electron chi connectivity index (χ4n) is 4.56. The quantitative estimate of drug-likeness (QED) is 0.404. The number of hydrogen-bond donors (Lipinski definition) is 1. The summed E-state index contributed by atoms with van der Waals surface area (Å²) in [4.78, 5) is 21.8. The van der Waals surface area contributed by atoms with E-state index in [2.05, 4.69) is 21.6 Å². The molecule has 0 spiro atoms. The molecular formula is C27H28N4O2. The third-order valence-electron chi connectivity index (χ3n) is 6.38. The van der Waals surface area contributed by atoms with Crippen molar-refractivity contribution in [1.29, 1.82) is 0 Å². The average Bonchev–Trinajstić information content (AvgIpc) is 3.20. The molecule has 1 fully saturated rings. The lowest BCUT2D eigenvalue weighted by atomic mass is 9.86. The van der Waals surface area contributed by atoms with E-state index in [1.54, 1.807) is 6.20 Å². The first-order valence-electron chi connectivity index (χ1n) is 11.6. The van der Waals surface area contributed by atoms with Crippen molar-refractivity contribution in [2.75, 3.05) is 5.32 Å². The predicted octanol–water partition coefficient (Wildman–Crippen LogP) is 5.92.